The normalized spacial score (nSPS) is 11.4. The number of halogens is 4. The molecule has 1 aromatic carbocycles. The molecule has 2 rings (SSSR count). The summed E-state index contributed by atoms with van der Waals surface area (Å²) in [6.07, 6.45) is -3.28. The summed E-state index contributed by atoms with van der Waals surface area (Å²) < 4.78 is 43.0. The molecule has 0 radical (unpaired) electrons. The molecule has 106 valence electrons. The first kappa shape index (κ1) is 14.3. The number of hydrogen-bond donors (Lipinski definition) is 0. The molecule has 5 nitrogen and oxygen atoms in total. The predicted molar refractivity (Wildman–Crippen MR) is 62.7 cm³/mol. The van der Waals surface area contributed by atoms with Crippen LogP contribution in [0.25, 0.3) is 5.69 Å². The Morgan fingerprint density at radius 2 is 2.10 bits per heavy atom. The third-order valence-electron chi connectivity index (χ3n) is 2.41. The number of carbonyl (C=O) groups excluding carboxylic acids is 1. The third kappa shape index (κ3) is 2.74. The van der Waals surface area contributed by atoms with Gasteiger partial charge in [-0.25, -0.2) is 9.48 Å². The van der Waals surface area contributed by atoms with E-state index >= 15 is 0 Å². The van der Waals surface area contributed by atoms with Crippen molar-refractivity contribution < 1.29 is 22.7 Å². The Balaban J connectivity index is 2.39. The van der Waals surface area contributed by atoms with E-state index in [2.05, 4.69) is 15.0 Å². The number of benzene rings is 1. The van der Waals surface area contributed by atoms with E-state index in [-0.39, 0.29) is 16.4 Å². The number of alkyl halides is 3. The van der Waals surface area contributed by atoms with Crippen molar-refractivity contribution in [3.05, 3.63) is 40.7 Å². The van der Waals surface area contributed by atoms with E-state index in [1.165, 1.54) is 13.3 Å². The number of rotatable bonds is 2. The third-order valence-corrected chi connectivity index (χ3v) is 2.71. The largest absolute Gasteiger partial charge is 0.464 e. The van der Waals surface area contributed by atoms with Crippen molar-refractivity contribution in [3.63, 3.8) is 0 Å². The minimum Gasteiger partial charge on any atom is -0.464 e. The molecule has 0 amide bonds. The molecule has 0 bridgehead atoms. The van der Waals surface area contributed by atoms with Crippen LogP contribution in [0.5, 0.6) is 0 Å². The second-order valence-electron chi connectivity index (χ2n) is 3.70. The van der Waals surface area contributed by atoms with Crippen molar-refractivity contribution in [2.75, 3.05) is 7.11 Å². The summed E-state index contributed by atoms with van der Waals surface area (Å²) >= 11 is 5.79. The van der Waals surface area contributed by atoms with Gasteiger partial charge in [-0.3, -0.25) is 0 Å². The summed E-state index contributed by atoms with van der Waals surface area (Å²) in [5.74, 6) is -0.709. The van der Waals surface area contributed by atoms with Crippen LogP contribution in [0.3, 0.4) is 0 Å². The van der Waals surface area contributed by atoms with Gasteiger partial charge >= 0.3 is 12.1 Å². The number of esters is 1. The Hall–Kier alpha value is -2.09. The second-order valence-corrected chi connectivity index (χ2v) is 4.11. The van der Waals surface area contributed by atoms with Crippen LogP contribution >= 0.6 is 11.6 Å². The summed E-state index contributed by atoms with van der Waals surface area (Å²) in [5.41, 5.74) is -0.787. The van der Waals surface area contributed by atoms with Gasteiger partial charge in [0.1, 0.15) is 0 Å². The number of nitrogens with zero attached hydrogens (tertiary/aromatic N) is 3. The highest BCUT2D eigenvalue weighted by Crippen LogP contribution is 2.32. The topological polar surface area (TPSA) is 57.0 Å². The second kappa shape index (κ2) is 5.12. The van der Waals surface area contributed by atoms with Crippen molar-refractivity contribution in [3.8, 4) is 5.69 Å². The number of methoxy groups -OCH3 is 1. The molecule has 20 heavy (non-hydrogen) atoms. The smallest absolute Gasteiger partial charge is 0.416 e. The lowest BCUT2D eigenvalue weighted by Crippen LogP contribution is -2.06. The van der Waals surface area contributed by atoms with Crippen molar-refractivity contribution in [1.82, 2.24) is 15.0 Å². The molecule has 0 aliphatic heterocycles. The number of hydrogen-bond acceptors (Lipinski definition) is 4. The number of ether oxygens (including phenoxy) is 1. The average Bonchev–Trinajstić information content (AvgIpc) is 2.86. The molecule has 1 aromatic heterocycles. The molecule has 0 saturated heterocycles. The SMILES string of the molecule is COC(=O)c1cn(-c2ccc(C(F)(F)F)cc2Cl)nn1. The van der Waals surface area contributed by atoms with E-state index in [4.69, 9.17) is 11.6 Å². The standard InChI is InChI=1S/C11H7ClF3N3O2/c1-20-10(19)8-5-18(17-16-8)9-3-2-6(4-7(9)12)11(13,14)15/h2-5H,1H3. The molecule has 0 unspecified atom stereocenters. The van der Waals surface area contributed by atoms with Crippen LogP contribution in [0.4, 0.5) is 13.2 Å². The number of aromatic nitrogens is 3. The molecular formula is C11H7ClF3N3O2. The van der Waals surface area contributed by atoms with Gasteiger partial charge in [-0.05, 0) is 18.2 Å². The van der Waals surface area contributed by atoms with E-state index in [0.717, 1.165) is 22.9 Å². The van der Waals surface area contributed by atoms with Gasteiger partial charge in [-0.2, -0.15) is 13.2 Å². The van der Waals surface area contributed by atoms with Crippen LogP contribution in [0.2, 0.25) is 5.02 Å². The molecular weight excluding hydrogens is 299 g/mol. The van der Waals surface area contributed by atoms with Gasteiger partial charge in [0.15, 0.2) is 5.69 Å². The minimum atomic E-state index is -4.48. The molecule has 0 aliphatic carbocycles. The van der Waals surface area contributed by atoms with E-state index in [9.17, 15) is 18.0 Å². The fraction of sp³-hybridized carbons (Fsp3) is 0.182. The minimum absolute atomic E-state index is 0.0801. The zero-order chi connectivity index (χ0) is 14.9. The first-order valence-corrected chi connectivity index (χ1v) is 5.58. The molecule has 2 aromatic rings. The zero-order valence-corrected chi connectivity index (χ0v) is 10.7. The van der Waals surface area contributed by atoms with E-state index < -0.39 is 17.7 Å². The van der Waals surface area contributed by atoms with Gasteiger partial charge < -0.3 is 4.74 Å². The monoisotopic (exact) mass is 305 g/mol. The first-order chi connectivity index (χ1) is 9.32. The van der Waals surface area contributed by atoms with Gasteiger partial charge in [0.05, 0.1) is 29.6 Å². The Kier molecular flexibility index (Phi) is 3.67. The first-order valence-electron chi connectivity index (χ1n) is 5.20. The Labute approximate surface area is 115 Å². The highest BCUT2D eigenvalue weighted by atomic mass is 35.5. The van der Waals surface area contributed by atoms with Crippen LogP contribution < -0.4 is 0 Å². The van der Waals surface area contributed by atoms with Crippen LogP contribution in [0.1, 0.15) is 16.1 Å². The van der Waals surface area contributed by atoms with Crippen LogP contribution in [-0.4, -0.2) is 28.1 Å². The van der Waals surface area contributed by atoms with Gasteiger partial charge in [0.25, 0.3) is 0 Å². The van der Waals surface area contributed by atoms with Crippen molar-refractivity contribution >= 4 is 17.6 Å². The van der Waals surface area contributed by atoms with Gasteiger partial charge in [0, 0.05) is 0 Å². The molecule has 0 fully saturated rings. The molecule has 9 heteroatoms. The number of carbonyl (C=O) groups is 1. The fourth-order valence-corrected chi connectivity index (χ4v) is 1.72. The summed E-state index contributed by atoms with van der Waals surface area (Å²) in [5, 5.41) is 6.98. The van der Waals surface area contributed by atoms with Crippen LogP contribution in [0.15, 0.2) is 24.4 Å². The van der Waals surface area contributed by atoms with Gasteiger partial charge in [-0.15, -0.1) is 5.10 Å². The fourth-order valence-electron chi connectivity index (χ4n) is 1.45. The molecule has 0 aliphatic rings. The molecule has 1 heterocycles. The van der Waals surface area contributed by atoms with Crippen molar-refractivity contribution in [1.29, 1.82) is 0 Å². The quantitative estimate of drug-likeness (QED) is 0.801. The molecule has 0 N–H and O–H groups in total. The maximum Gasteiger partial charge on any atom is 0.416 e. The van der Waals surface area contributed by atoms with E-state index in [1.54, 1.807) is 0 Å². The lowest BCUT2D eigenvalue weighted by atomic mass is 10.2. The highest BCUT2D eigenvalue weighted by Gasteiger charge is 2.31. The molecule has 0 saturated carbocycles. The summed E-state index contributed by atoms with van der Waals surface area (Å²) in [7, 11) is 1.17. The van der Waals surface area contributed by atoms with E-state index in [0.29, 0.717) is 0 Å². The maximum atomic E-state index is 12.5. The van der Waals surface area contributed by atoms with E-state index in [1.807, 2.05) is 0 Å². The predicted octanol–water partition coefficient (Wildman–Crippen LogP) is 2.73. The van der Waals surface area contributed by atoms with Gasteiger partial charge in [0.2, 0.25) is 0 Å². The molecule has 0 spiro atoms. The van der Waals surface area contributed by atoms with Crippen LogP contribution in [0, 0.1) is 0 Å². The Morgan fingerprint density at radius 1 is 1.40 bits per heavy atom. The zero-order valence-electron chi connectivity index (χ0n) is 9.98. The lowest BCUT2D eigenvalue weighted by Gasteiger charge is -2.09. The molecule has 0 atom stereocenters. The summed E-state index contributed by atoms with van der Waals surface area (Å²) in [6, 6.07) is 2.78. The van der Waals surface area contributed by atoms with Gasteiger partial charge in [-0.1, -0.05) is 16.8 Å². The Bertz CT molecular complexity index is 655. The lowest BCUT2D eigenvalue weighted by molar-refractivity contribution is -0.137. The van der Waals surface area contributed by atoms with Crippen molar-refractivity contribution in [2.45, 2.75) is 6.18 Å². The average molecular weight is 306 g/mol. The van der Waals surface area contributed by atoms with Crippen LogP contribution in [-0.2, 0) is 10.9 Å². The summed E-state index contributed by atoms with van der Waals surface area (Å²) in [4.78, 5) is 11.2. The maximum absolute atomic E-state index is 12.5. The Morgan fingerprint density at radius 3 is 2.65 bits per heavy atom. The highest BCUT2D eigenvalue weighted by molar-refractivity contribution is 6.32. The van der Waals surface area contributed by atoms with Crippen molar-refractivity contribution in [2.24, 2.45) is 0 Å². The summed E-state index contributed by atoms with van der Waals surface area (Å²) in [6.45, 7) is 0.